The van der Waals surface area contributed by atoms with Gasteiger partial charge < -0.3 is 0 Å². The minimum absolute atomic E-state index is 0.991. The van der Waals surface area contributed by atoms with Crippen molar-refractivity contribution in [3.05, 3.63) is 52.3 Å². The van der Waals surface area contributed by atoms with E-state index in [2.05, 4.69) is 36.3 Å². The molecule has 0 radical (unpaired) electrons. The van der Waals surface area contributed by atoms with Crippen LogP contribution in [0.1, 0.15) is 0 Å². The smallest absolute Gasteiger partial charge is 0.0702 e. The molecule has 0 atom stereocenters. The van der Waals surface area contributed by atoms with Gasteiger partial charge in [-0.25, -0.2) is 0 Å². The van der Waals surface area contributed by atoms with Crippen LogP contribution >= 0.6 is 11.3 Å². The molecule has 0 saturated heterocycles. The van der Waals surface area contributed by atoms with E-state index in [1.165, 1.54) is 10.1 Å². The van der Waals surface area contributed by atoms with Crippen LogP contribution in [0.2, 0.25) is 0 Å². The molecule has 0 fully saturated rings. The van der Waals surface area contributed by atoms with E-state index in [1.54, 1.807) is 11.3 Å². The highest BCUT2D eigenvalue weighted by molar-refractivity contribution is 7.17. The molecule has 1 nitrogen and oxygen atoms in total. The van der Waals surface area contributed by atoms with Gasteiger partial charge in [0.15, 0.2) is 0 Å². The van der Waals surface area contributed by atoms with Crippen LogP contribution in [0.5, 0.6) is 0 Å². The van der Waals surface area contributed by atoms with Crippen LogP contribution < -0.4 is 9.75 Å². The maximum absolute atomic E-state index is 4.36. The molecule has 0 saturated carbocycles. The largest absolute Gasteiger partial charge is 0.256 e. The molecule has 0 aliphatic rings. The van der Waals surface area contributed by atoms with Gasteiger partial charge >= 0.3 is 0 Å². The van der Waals surface area contributed by atoms with Crippen molar-refractivity contribution in [3.63, 3.8) is 0 Å². The van der Waals surface area contributed by atoms with Crippen LogP contribution in [0.4, 0.5) is 0 Å². The fourth-order valence-electron chi connectivity index (χ4n) is 1.89. The highest BCUT2D eigenvalue weighted by Crippen LogP contribution is 2.22. The van der Waals surface area contributed by atoms with Crippen LogP contribution in [0, 0.1) is 0 Å². The van der Waals surface area contributed by atoms with Crippen molar-refractivity contribution in [3.8, 4) is 11.3 Å². The third-order valence-electron chi connectivity index (χ3n) is 2.84. The summed E-state index contributed by atoms with van der Waals surface area (Å²) >= 11 is 1.69. The number of benzene rings is 1. The summed E-state index contributed by atoms with van der Waals surface area (Å²) in [6.45, 7) is 8.07. The average Bonchev–Trinajstić information content (AvgIpc) is 2.66. The predicted molar refractivity (Wildman–Crippen MR) is 75.4 cm³/mol. The lowest BCUT2D eigenvalue weighted by atomic mass is 10.1. The van der Waals surface area contributed by atoms with E-state index in [1.807, 2.05) is 24.4 Å². The second kappa shape index (κ2) is 3.82. The molecule has 0 aliphatic carbocycles. The van der Waals surface area contributed by atoms with Crippen molar-refractivity contribution in [2.45, 2.75) is 0 Å². The van der Waals surface area contributed by atoms with Gasteiger partial charge in [0.25, 0.3) is 0 Å². The standard InChI is InChI=1S/C15H11NS/c1-10-11(2)17-15-7-6-12(9-13(10)15)14-5-3-4-8-16-14/h3-9H,1-2H2. The fraction of sp³-hybridized carbons (Fsp3) is 0. The molecule has 3 rings (SSSR count). The summed E-state index contributed by atoms with van der Waals surface area (Å²) in [6, 6.07) is 12.3. The third kappa shape index (κ3) is 1.67. The minimum Gasteiger partial charge on any atom is -0.256 e. The van der Waals surface area contributed by atoms with Gasteiger partial charge in [-0.2, -0.15) is 0 Å². The molecule has 0 spiro atoms. The Morgan fingerprint density at radius 2 is 1.94 bits per heavy atom. The maximum Gasteiger partial charge on any atom is 0.0702 e. The average molecular weight is 237 g/mol. The van der Waals surface area contributed by atoms with Gasteiger partial charge in [0.2, 0.25) is 0 Å². The van der Waals surface area contributed by atoms with E-state index in [0.29, 0.717) is 0 Å². The van der Waals surface area contributed by atoms with Gasteiger partial charge in [-0.1, -0.05) is 25.3 Å². The number of pyridine rings is 1. The monoisotopic (exact) mass is 237 g/mol. The molecule has 3 aromatic rings. The van der Waals surface area contributed by atoms with Gasteiger partial charge in [0.05, 0.1) is 5.69 Å². The van der Waals surface area contributed by atoms with E-state index < -0.39 is 0 Å². The van der Waals surface area contributed by atoms with Gasteiger partial charge in [-0.3, -0.25) is 4.98 Å². The molecule has 0 unspecified atom stereocenters. The lowest BCUT2D eigenvalue weighted by molar-refractivity contribution is 1.33. The molecular formula is C15H11NS. The van der Waals surface area contributed by atoms with E-state index in [4.69, 9.17) is 0 Å². The zero-order valence-corrected chi connectivity index (χ0v) is 10.1. The zero-order valence-electron chi connectivity index (χ0n) is 9.31. The first-order valence-electron chi connectivity index (χ1n) is 5.37. The molecule has 2 heterocycles. The van der Waals surface area contributed by atoms with E-state index >= 15 is 0 Å². The highest BCUT2D eigenvalue weighted by atomic mass is 32.1. The first kappa shape index (κ1) is 10.2. The Bertz CT molecular complexity index is 772. The summed E-state index contributed by atoms with van der Waals surface area (Å²) in [5.41, 5.74) is 2.12. The lowest BCUT2D eigenvalue weighted by Gasteiger charge is -2.00. The second-order valence-electron chi connectivity index (χ2n) is 3.93. The molecule has 17 heavy (non-hydrogen) atoms. The van der Waals surface area contributed by atoms with Gasteiger partial charge in [-0.15, -0.1) is 11.3 Å². The SMILES string of the molecule is C=c1sc2ccc(-c3ccccn3)cc2c1=C. The molecule has 2 heteroatoms. The normalized spacial score (nSPS) is 10.8. The van der Waals surface area contributed by atoms with Crippen molar-refractivity contribution in [2.75, 3.05) is 0 Å². The predicted octanol–water partition coefficient (Wildman–Crippen LogP) is 2.78. The quantitative estimate of drug-likeness (QED) is 0.634. The highest BCUT2D eigenvalue weighted by Gasteiger charge is 2.02. The number of aromatic nitrogens is 1. The molecule has 2 aromatic heterocycles. The van der Waals surface area contributed by atoms with Crippen molar-refractivity contribution < 1.29 is 0 Å². The van der Waals surface area contributed by atoms with Gasteiger partial charge in [-0.05, 0) is 29.5 Å². The Balaban J connectivity index is 2.30. The van der Waals surface area contributed by atoms with Gasteiger partial charge in [0, 0.05) is 26.4 Å². The van der Waals surface area contributed by atoms with Crippen molar-refractivity contribution in [2.24, 2.45) is 0 Å². The van der Waals surface area contributed by atoms with E-state index in [-0.39, 0.29) is 0 Å². The summed E-state index contributed by atoms with van der Waals surface area (Å²) in [7, 11) is 0. The van der Waals surface area contributed by atoms with Crippen LogP contribution in [0.15, 0.2) is 42.6 Å². The number of thiophene rings is 1. The number of rotatable bonds is 1. The number of nitrogens with zero attached hydrogens (tertiary/aromatic N) is 1. The zero-order chi connectivity index (χ0) is 11.8. The van der Waals surface area contributed by atoms with Crippen molar-refractivity contribution in [1.82, 2.24) is 4.98 Å². The van der Waals surface area contributed by atoms with E-state index in [9.17, 15) is 0 Å². The molecule has 1 aromatic carbocycles. The van der Waals surface area contributed by atoms with Crippen LogP contribution in [-0.2, 0) is 0 Å². The fourth-order valence-corrected chi connectivity index (χ4v) is 2.82. The second-order valence-corrected chi connectivity index (χ2v) is 5.07. The van der Waals surface area contributed by atoms with Crippen LogP contribution in [0.25, 0.3) is 34.5 Å². The Hall–Kier alpha value is -1.93. The minimum atomic E-state index is 0.991. The summed E-state index contributed by atoms with van der Waals surface area (Å²) in [5, 5.41) is 2.21. The Kier molecular flexibility index (Phi) is 2.30. The molecule has 0 aliphatic heterocycles. The van der Waals surface area contributed by atoms with Crippen LogP contribution in [0.3, 0.4) is 0 Å². The first-order valence-corrected chi connectivity index (χ1v) is 6.19. The lowest BCUT2D eigenvalue weighted by Crippen LogP contribution is -2.13. The van der Waals surface area contributed by atoms with Gasteiger partial charge in [0.1, 0.15) is 0 Å². The summed E-state index contributed by atoms with van der Waals surface area (Å²) < 4.78 is 2.28. The molecule has 0 bridgehead atoms. The summed E-state index contributed by atoms with van der Waals surface area (Å²) in [4.78, 5) is 4.36. The molecular weight excluding hydrogens is 226 g/mol. The summed E-state index contributed by atoms with van der Waals surface area (Å²) in [6.07, 6.45) is 1.81. The Morgan fingerprint density at radius 3 is 2.71 bits per heavy atom. The maximum atomic E-state index is 4.36. The third-order valence-corrected chi connectivity index (χ3v) is 3.90. The number of hydrogen-bond acceptors (Lipinski definition) is 2. The Labute approximate surface area is 103 Å². The Morgan fingerprint density at radius 1 is 1.06 bits per heavy atom. The molecule has 82 valence electrons. The number of hydrogen-bond donors (Lipinski definition) is 0. The summed E-state index contributed by atoms with van der Waals surface area (Å²) in [5.74, 6) is 0. The van der Waals surface area contributed by atoms with Crippen molar-refractivity contribution in [1.29, 1.82) is 0 Å². The van der Waals surface area contributed by atoms with E-state index in [0.717, 1.165) is 21.0 Å². The van der Waals surface area contributed by atoms with Crippen LogP contribution in [-0.4, -0.2) is 4.98 Å². The first-order chi connectivity index (χ1) is 8.25. The molecule has 0 N–H and O–H groups in total. The topological polar surface area (TPSA) is 12.9 Å². The van der Waals surface area contributed by atoms with Crippen molar-refractivity contribution >= 4 is 34.6 Å². The molecule has 0 amide bonds. The number of fused-ring (bicyclic) bond motifs is 1.